The average molecular weight is 442 g/mol. The van der Waals surface area contributed by atoms with Crippen molar-refractivity contribution in [3.63, 3.8) is 0 Å². The first kappa shape index (κ1) is 20.8. The van der Waals surface area contributed by atoms with Gasteiger partial charge in [0.1, 0.15) is 5.58 Å². The summed E-state index contributed by atoms with van der Waals surface area (Å²) in [7, 11) is 3.11. The van der Waals surface area contributed by atoms with Crippen LogP contribution in [0.15, 0.2) is 70.1 Å². The SMILES string of the molecule is COc1ccc([C@@H]2c3c(oc4ccc(C)cc4c3=O)C(=O)N2Cc2cccnc2)cc1OC. The molecule has 0 saturated heterocycles. The van der Waals surface area contributed by atoms with Crippen LogP contribution in [0.4, 0.5) is 0 Å². The smallest absolute Gasteiger partial charge is 0.291 e. The number of fused-ring (bicyclic) bond motifs is 2. The summed E-state index contributed by atoms with van der Waals surface area (Å²) >= 11 is 0. The van der Waals surface area contributed by atoms with Crippen LogP contribution in [-0.2, 0) is 6.54 Å². The minimum absolute atomic E-state index is 0.0695. The number of amides is 1. The molecule has 2 aromatic heterocycles. The maximum absolute atomic E-state index is 13.7. The summed E-state index contributed by atoms with van der Waals surface area (Å²) in [6, 6.07) is 13.8. The highest BCUT2D eigenvalue weighted by Gasteiger charge is 2.43. The molecular weight excluding hydrogens is 420 g/mol. The predicted octanol–water partition coefficient (Wildman–Crippen LogP) is 4.26. The molecule has 5 rings (SSSR count). The van der Waals surface area contributed by atoms with Crippen molar-refractivity contribution in [3.05, 3.63) is 99.2 Å². The van der Waals surface area contributed by atoms with Crippen molar-refractivity contribution in [1.82, 2.24) is 9.88 Å². The molecule has 0 bridgehead atoms. The van der Waals surface area contributed by atoms with E-state index in [2.05, 4.69) is 4.98 Å². The fourth-order valence-corrected chi connectivity index (χ4v) is 4.36. The second kappa shape index (κ2) is 8.09. The second-order valence-corrected chi connectivity index (χ2v) is 7.98. The van der Waals surface area contributed by atoms with Gasteiger partial charge in [-0.1, -0.05) is 23.8 Å². The fourth-order valence-electron chi connectivity index (χ4n) is 4.36. The molecule has 1 amide bonds. The Kier molecular flexibility index (Phi) is 5.09. The van der Waals surface area contributed by atoms with E-state index in [1.807, 2.05) is 31.2 Å². The summed E-state index contributed by atoms with van der Waals surface area (Å²) in [5.41, 5.74) is 3.02. The van der Waals surface area contributed by atoms with Gasteiger partial charge in [-0.3, -0.25) is 14.6 Å². The van der Waals surface area contributed by atoms with E-state index in [4.69, 9.17) is 13.9 Å². The topological polar surface area (TPSA) is 81.9 Å². The highest BCUT2D eigenvalue weighted by atomic mass is 16.5. The number of carbonyl (C=O) groups is 1. The summed E-state index contributed by atoms with van der Waals surface area (Å²) in [4.78, 5) is 33.0. The van der Waals surface area contributed by atoms with Gasteiger partial charge in [-0.25, -0.2) is 0 Å². The molecular formula is C26H22N2O5. The van der Waals surface area contributed by atoms with E-state index in [0.29, 0.717) is 28.0 Å². The van der Waals surface area contributed by atoms with Gasteiger partial charge in [0.15, 0.2) is 16.9 Å². The molecule has 3 heterocycles. The van der Waals surface area contributed by atoms with Gasteiger partial charge in [0.05, 0.1) is 31.2 Å². The number of aryl methyl sites for hydroxylation is 1. The molecule has 0 unspecified atom stereocenters. The third-order valence-corrected chi connectivity index (χ3v) is 5.92. The van der Waals surface area contributed by atoms with E-state index in [1.165, 1.54) is 0 Å². The molecule has 166 valence electrons. The van der Waals surface area contributed by atoms with E-state index >= 15 is 0 Å². The molecule has 1 aliphatic heterocycles. The van der Waals surface area contributed by atoms with E-state index < -0.39 is 6.04 Å². The van der Waals surface area contributed by atoms with Gasteiger partial charge < -0.3 is 18.8 Å². The van der Waals surface area contributed by atoms with E-state index in [9.17, 15) is 9.59 Å². The number of ether oxygens (including phenoxy) is 2. The van der Waals surface area contributed by atoms with Crippen LogP contribution < -0.4 is 14.9 Å². The summed E-state index contributed by atoms with van der Waals surface area (Å²) in [6.45, 7) is 2.18. The first-order chi connectivity index (χ1) is 16.0. The summed E-state index contributed by atoms with van der Waals surface area (Å²) in [5.74, 6) is 0.803. The zero-order valence-corrected chi connectivity index (χ0v) is 18.5. The van der Waals surface area contributed by atoms with Gasteiger partial charge in [0.2, 0.25) is 5.76 Å². The molecule has 4 aromatic rings. The number of hydrogen-bond acceptors (Lipinski definition) is 6. The third kappa shape index (κ3) is 3.42. The Morgan fingerprint density at radius 3 is 2.58 bits per heavy atom. The van der Waals surface area contributed by atoms with Crippen molar-refractivity contribution in [2.75, 3.05) is 14.2 Å². The van der Waals surface area contributed by atoms with E-state index in [0.717, 1.165) is 16.7 Å². The number of carbonyl (C=O) groups excluding carboxylic acids is 1. The number of methoxy groups -OCH3 is 2. The highest BCUT2D eigenvalue weighted by Crippen LogP contribution is 2.41. The summed E-state index contributed by atoms with van der Waals surface area (Å²) in [5, 5.41) is 0.454. The van der Waals surface area contributed by atoms with E-state index in [-0.39, 0.29) is 23.6 Å². The Labute approximate surface area is 190 Å². The number of rotatable bonds is 5. The molecule has 0 aliphatic carbocycles. The number of benzene rings is 2. The van der Waals surface area contributed by atoms with Crippen LogP contribution in [0, 0.1) is 6.92 Å². The predicted molar refractivity (Wildman–Crippen MR) is 123 cm³/mol. The van der Waals surface area contributed by atoms with Crippen molar-refractivity contribution in [1.29, 1.82) is 0 Å². The van der Waals surface area contributed by atoms with Crippen LogP contribution in [0.1, 0.15) is 38.9 Å². The molecule has 2 aromatic carbocycles. The molecule has 1 atom stereocenters. The Bertz CT molecular complexity index is 1430. The minimum atomic E-state index is -0.645. The number of nitrogens with zero attached hydrogens (tertiary/aromatic N) is 2. The highest BCUT2D eigenvalue weighted by molar-refractivity contribution is 5.99. The lowest BCUT2D eigenvalue weighted by molar-refractivity contribution is 0.0714. The van der Waals surface area contributed by atoms with Crippen LogP contribution in [0.25, 0.3) is 11.0 Å². The molecule has 1 aliphatic rings. The second-order valence-electron chi connectivity index (χ2n) is 7.98. The normalized spacial score (nSPS) is 15.1. The average Bonchev–Trinajstić information content (AvgIpc) is 3.11. The van der Waals surface area contributed by atoms with Crippen molar-refractivity contribution in [2.24, 2.45) is 0 Å². The van der Waals surface area contributed by atoms with Crippen LogP contribution in [0.2, 0.25) is 0 Å². The van der Waals surface area contributed by atoms with Crippen molar-refractivity contribution in [2.45, 2.75) is 19.5 Å². The van der Waals surface area contributed by atoms with Crippen LogP contribution in [-0.4, -0.2) is 30.0 Å². The molecule has 33 heavy (non-hydrogen) atoms. The van der Waals surface area contributed by atoms with Gasteiger partial charge in [-0.05, 0) is 48.4 Å². The quantitative estimate of drug-likeness (QED) is 0.459. The van der Waals surface area contributed by atoms with Gasteiger partial charge in [0.25, 0.3) is 5.91 Å². The molecule has 7 nitrogen and oxygen atoms in total. The monoisotopic (exact) mass is 442 g/mol. The van der Waals surface area contributed by atoms with Gasteiger partial charge in [0, 0.05) is 18.9 Å². The molecule has 0 spiro atoms. The van der Waals surface area contributed by atoms with Crippen LogP contribution in [0.5, 0.6) is 11.5 Å². The van der Waals surface area contributed by atoms with Gasteiger partial charge in [-0.2, -0.15) is 0 Å². The fraction of sp³-hybridized carbons (Fsp3) is 0.192. The Balaban J connectivity index is 1.74. The Hall–Kier alpha value is -4.13. The van der Waals surface area contributed by atoms with Gasteiger partial charge >= 0.3 is 0 Å². The summed E-state index contributed by atoms with van der Waals surface area (Å²) in [6.07, 6.45) is 3.38. The Morgan fingerprint density at radius 2 is 1.85 bits per heavy atom. The van der Waals surface area contributed by atoms with Gasteiger partial charge in [-0.15, -0.1) is 0 Å². The molecule has 0 fully saturated rings. The van der Waals surface area contributed by atoms with Crippen molar-refractivity contribution < 1.29 is 18.7 Å². The standard InChI is InChI=1S/C26H22N2O5/c1-15-6-8-19-18(11-15)24(29)22-23(17-7-9-20(31-2)21(12-17)32-3)28(26(30)25(22)33-19)14-16-5-4-10-27-13-16/h4-13,23H,14H2,1-3H3/t23-/m1/s1. The number of pyridine rings is 1. The summed E-state index contributed by atoms with van der Waals surface area (Å²) < 4.78 is 16.9. The first-order valence-electron chi connectivity index (χ1n) is 10.5. The largest absolute Gasteiger partial charge is 0.493 e. The maximum atomic E-state index is 13.7. The lowest BCUT2D eigenvalue weighted by Gasteiger charge is -2.25. The van der Waals surface area contributed by atoms with Crippen LogP contribution >= 0.6 is 0 Å². The maximum Gasteiger partial charge on any atom is 0.291 e. The number of aromatic nitrogens is 1. The Morgan fingerprint density at radius 1 is 1.03 bits per heavy atom. The first-order valence-corrected chi connectivity index (χ1v) is 10.5. The van der Waals surface area contributed by atoms with Crippen molar-refractivity contribution >= 4 is 16.9 Å². The zero-order valence-electron chi connectivity index (χ0n) is 18.5. The molecule has 7 heteroatoms. The number of hydrogen-bond donors (Lipinski definition) is 0. The zero-order chi connectivity index (χ0) is 23.1. The minimum Gasteiger partial charge on any atom is -0.493 e. The lowest BCUT2D eigenvalue weighted by atomic mass is 9.97. The molecule has 0 radical (unpaired) electrons. The lowest BCUT2D eigenvalue weighted by Crippen LogP contribution is -2.29. The van der Waals surface area contributed by atoms with E-state index in [1.54, 1.807) is 55.8 Å². The van der Waals surface area contributed by atoms with Crippen molar-refractivity contribution in [3.8, 4) is 11.5 Å². The molecule has 0 N–H and O–H groups in total. The third-order valence-electron chi connectivity index (χ3n) is 5.92. The molecule has 0 saturated carbocycles. The van der Waals surface area contributed by atoms with Crippen LogP contribution in [0.3, 0.4) is 0 Å².